The Morgan fingerprint density at radius 1 is 1.07 bits per heavy atom. The van der Waals surface area contributed by atoms with E-state index in [1.807, 2.05) is 52.9 Å². The van der Waals surface area contributed by atoms with Crippen molar-refractivity contribution in [2.45, 2.75) is 18.0 Å². The standard InChI is InChI=1S/C20H17N5O2S/c1-24-18(26)13-7-2-4-9-15(13)25-19(24)22-23-20(25)28-12-6-11-17-21-14-8-3-5-10-16(14)27-17/h2-5,7-10H,6,11-12H2,1H3. The molecule has 0 saturated carbocycles. The van der Waals surface area contributed by atoms with E-state index in [1.165, 1.54) is 4.57 Å². The zero-order valence-corrected chi connectivity index (χ0v) is 16.0. The summed E-state index contributed by atoms with van der Waals surface area (Å²) in [5.41, 5.74) is 2.47. The van der Waals surface area contributed by atoms with Crippen molar-refractivity contribution in [1.82, 2.24) is 24.1 Å². The largest absolute Gasteiger partial charge is 0.441 e. The van der Waals surface area contributed by atoms with Crippen molar-refractivity contribution in [1.29, 1.82) is 0 Å². The molecule has 0 bridgehead atoms. The molecule has 140 valence electrons. The highest BCUT2D eigenvalue weighted by molar-refractivity contribution is 7.99. The first-order valence-corrected chi connectivity index (χ1v) is 10.0. The van der Waals surface area contributed by atoms with E-state index in [9.17, 15) is 4.79 Å². The minimum Gasteiger partial charge on any atom is -0.441 e. The predicted molar refractivity (Wildman–Crippen MR) is 109 cm³/mol. The smallest absolute Gasteiger partial charge is 0.262 e. The van der Waals surface area contributed by atoms with E-state index in [2.05, 4.69) is 15.2 Å². The molecule has 0 radical (unpaired) electrons. The van der Waals surface area contributed by atoms with Crippen LogP contribution in [0.1, 0.15) is 12.3 Å². The average molecular weight is 391 g/mol. The number of rotatable bonds is 5. The van der Waals surface area contributed by atoms with Gasteiger partial charge < -0.3 is 4.42 Å². The van der Waals surface area contributed by atoms with Crippen LogP contribution in [-0.4, -0.2) is 29.9 Å². The van der Waals surface area contributed by atoms with Crippen molar-refractivity contribution in [3.05, 3.63) is 64.8 Å². The van der Waals surface area contributed by atoms with Gasteiger partial charge >= 0.3 is 0 Å². The van der Waals surface area contributed by atoms with Crippen molar-refractivity contribution in [3.63, 3.8) is 0 Å². The Balaban J connectivity index is 1.37. The van der Waals surface area contributed by atoms with Crippen LogP contribution in [0, 0.1) is 0 Å². The summed E-state index contributed by atoms with van der Waals surface area (Å²) < 4.78 is 9.26. The first-order chi connectivity index (χ1) is 13.7. The summed E-state index contributed by atoms with van der Waals surface area (Å²) in [6.07, 6.45) is 1.66. The SMILES string of the molecule is Cn1c(=O)c2ccccc2n2c(SCCCc3nc4ccccc4o3)nnc12. The number of para-hydroxylation sites is 3. The summed E-state index contributed by atoms with van der Waals surface area (Å²) in [5, 5.41) is 9.96. The van der Waals surface area contributed by atoms with Crippen molar-refractivity contribution in [2.24, 2.45) is 7.05 Å². The van der Waals surface area contributed by atoms with Gasteiger partial charge in [-0.3, -0.25) is 13.8 Å². The lowest BCUT2D eigenvalue weighted by Gasteiger charge is -2.07. The maximum Gasteiger partial charge on any atom is 0.262 e. The van der Waals surface area contributed by atoms with Gasteiger partial charge in [-0.1, -0.05) is 36.0 Å². The number of thioether (sulfide) groups is 1. The lowest BCUT2D eigenvalue weighted by atomic mass is 10.2. The molecule has 5 rings (SSSR count). The number of oxazole rings is 1. The summed E-state index contributed by atoms with van der Waals surface area (Å²) in [5.74, 6) is 2.14. The number of hydrogen-bond acceptors (Lipinski definition) is 6. The predicted octanol–water partition coefficient (Wildman–Crippen LogP) is 3.45. The Bertz CT molecular complexity index is 1330. The lowest BCUT2D eigenvalue weighted by Crippen LogP contribution is -2.20. The van der Waals surface area contributed by atoms with Crippen molar-refractivity contribution in [3.8, 4) is 0 Å². The molecule has 0 amide bonds. The molecule has 0 aliphatic heterocycles. The number of aromatic nitrogens is 5. The molecule has 0 aliphatic carbocycles. The monoisotopic (exact) mass is 391 g/mol. The van der Waals surface area contributed by atoms with Gasteiger partial charge in [0.2, 0.25) is 5.78 Å². The molecule has 7 nitrogen and oxygen atoms in total. The summed E-state index contributed by atoms with van der Waals surface area (Å²) in [6.45, 7) is 0. The Hall–Kier alpha value is -3.13. The van der Waals surface area contributed by atoms with Crippen molar-refractivity contribution in [2.75, 3.05) is 5.75 Å². The highest BCUT2D eigenvalue weighted by atomic mass is 32.2. The first kappa shape index (κ1) is 17.0. The minimum atomic E-state index is -0.0667. The van der Waals surface area contributed by atoms with Crippen LogP contribution in [0.15, 0.2) is 62.9 Å². The summed E-state index contributed by atoms with van der Waals surface area (Å²) >= 11 is 1.62. The van der Waals surface area contributed by atoms with E-state index < -0.39 is 0 Å². The lowest BCUT2D eigenvalue weighted by molar-refractivity contribution is 0.526. The second kappa shape index (κ2) is 6.79. The molecule has 2 aromatic carbocycles. The molecule has 0 saturated heterocycles. The number of hydrogen-bond donors (Lipinski definition) is 0. The molecule has 0 unspecified atom stereocenters. The van der Waals surface area contributed by atoms with Crippen LogP contribution in [0.2, 0.25) is 0 Å². The topological polar surface area (TPSA) is 78.2 Å². The zero-order valence-electron chi connectivity index (χ0n) is 15.2. The van der Waals surface area contributed by atoms with Crippen LogP contribution in [0.5, 0.6) is 0 Å². The van der Waals surface area contributed by atoms with E-state index in [-0.39, 0.29) is 5.56 Å². The normalized spacial score (nSPS) is 11.8. The number of benzene rings is 2. The second-order valence-corrected chi connectivity index (χ2v) is 7.59. The van der Waals surface area contributed by atoms with Crippen LogP contribution < -0.4 is 5.56 Å². The number of fused-ring (bicyclic) bond motifs is 4. The van der Waals surface area contributed by atoms with Crippen LogP contribution in [-0.2, 0) is 13.5 Å². The van der Waals surface area contributed by atoms with Gasteiger partial charge in [-0.2, -0.15) is 0 Å². The molecular weight excluding hydrogens is 374 g/mol. The molecular formula is C20H17N5O2S. The number of aryl methyl sites for hydroxylation is 2. The fourth-order valence-corrected chi connectivity index (χ4v) is 4.20. The van der Waals surface area contributed by atoms with Crippen LogP contribution >= 0.6 is 11.8 Å². The van der Waals surface area contributed by atoms with Crippen LogP contribution in [0.4, 0.5) is 0 Å². The fourth-order valence-electron chi connectivity index (χ4n) is 3.32. The molecule has 0 spiro atoms. The van der Waals surface area contributed by atoms with Gasteiger partial charge in [0.15, 0.2) is 16.6 Å². The first-order valence-electron chi connectivity index (χ1n) is 9.02. The van der Waals surface area contributed by atoms with Crippen molar-refractivity contribution >= 4 is 39.5 Å². The molecule has 0 fully saturated rings. The Kier molecular flexibility index (Phi) is 4.12. The van der Waals surface area contributed by atoms with E-state index in [1.54, 1.807) is 18.8 Å². The molecule has 8 heteroatoms. The van der Waals surface area contributed by atoms with E-state index in [0.29, 0.717) is 11.2 Å². The highest BCUT2D eigenvalue weighted by Crippen LogP contribution is 2.23. The fraction of sp³-hybridized carbons (Fsp3) is 0.200. The molecule has 0 atom stereocenters. The van der Waals surface area contributed by atoms with Gasteiger partial charge in [0.05, 0.1) is 10.9 Å². The van der Waals surface area contributed by atoms with Crippen LogP contribution in [0.25, 0.3) is 27.8 Å². The molecule has 0 N–H and O–H groups in total. The highest BCUT2D eigenvalue weighted by Gasteiger charge is 2.14. The Morgan fingerprint density at radius 3 is 2.79 bits per heavy atom. The molecule has 3 heterocycles. The molecule has 5 aromatic rings. The Labute approximate surface area is 164 Å². The molecule has 3 aromatic heterocycles. The average Bonchev–Trinajstić information content (AvgIpc) is 3.33. The summed E-state index contributed by atoms with van der Waals surface area (Å²) in [6, 6.07) is 15.3. The third-order valence-electron chi connectivity index (χ3n) is 4.70. The third kappa shape index (κ3) is 2.77. The van der Waals surface area contributed by atoms with Crippen molar-refractivity contribution < 1.29 is 4.42 Å². The summed E-state index contributed by atoms with van der Waals surface area (Å²) in [4.78, 5) is 17.0. The molecule has 28 heavy (non-hydrogen) atoms. The quantitative estimate of drug-likeness (QED) is 0.337. The van der Waals surface area contributed by atoms with Gasteiger partial charge in [0.1, 0.15) is 5.52 Å². The maximum absolute atomic E-state index is 12.5. The van der Waals surface area contributed by atoms with Gasteiger partial charge in [-0.25, -0.2) is 4.98 Å². The van der Waals surface area contributed by atoms with E-state index >= 15 is 0 Å². The Morgan fingerprint density at radius 2 is 1.89 bits per heavy atom. The molecule has 0 aliphatic rings. The maximum atomic E-state index is 12.5. The van der Waals surface area contributed by atoms with E-state index in [4.69, 9.17) is 4.42 Å². The summed E-state index contributed by atoms with van der Waals surface area (Å²) in [7, 11) is 1.72. The third-order valence-corrected chi connectivity index (χ3v) is 5.72. The van der Waals surface area contributed by atoms with E-state index in [0.717, 1.165) is 46.3 Å². The second-order valence-electron chi connectivity index (χ2n) is 6.53. The van der Waals surface area contributed by atoms with Gasteiger partial charge in [0.25, 0.3) is 5.56 Å². The van der Waals surface area contributed by atoms with Gasteiger partial charge in [-0.15, -0.1) is 10.2 Å². The van der Waals surface area contributed by atoms with Gasteiger partial charge in [-0.05, 0) is 30.7 Å². The van der Waals surface area contributed by atoms with Crippen LogP contribution in [0.3, 0.4) is 0 Å². The number of nitrogens with zero attached hydrogens (tertiary/aromatic N) is 5. The van der Waals surface area contributed by atoms with Gasteiger partial charge in [0, 0.05) is 19.2 Å². The minimum absolute atomic E-state index is 0.0667. The zero-order chi connectivity index (χ0) is 19.1.